The molecule has 78 valence electrons. The molecule has 0 spiro atoms. The highest BCUT2D eigenvalue weighted by atomic mass is 16.5. The van der Waals surface area contributed by atoms with Gasteiger partial charge in [0.25, 0.3) is 0 Å². The van der Waals surface area contributed by atoms with Crippen LogP contribution < -0.4 is 0 Å². The second kappa shape index (κ2) is 4.91. The van der Waals surface area contributed by atoms with Crippen molar-refractivity contribution in [3.05, 3.63) is 0 Å². The monoisotopic (exact) mass is 190 g/mol. The minimum Gasteiger partial charge on any atom is -0.394 e. The van der Waals surface area contributed by atoms with Crippen LogP contribution in [-0.4, -0.2) is 46.8 Å². The molecule has 0 saturated carbocycles. The minimum absolute atomic E-state index is 0.0400. The van der Waals surface area contributed by atoms with Gasteiger partial charge in [0.05, 0.1) is 25.4 Å². The molecular formula is C9H18O4. The van der Waals surface area contributed by atoms with Crippen molar-refractivity contribution in [2.24, 2.45) is 5.92 Å². The minimum atomic E-state index is -0.599. The van der Waals surface area contributed by atoms with Crippen LogP contribution in [0.5, 0.6) is 0 Å². The van der Waals surface area contributed by atoms with Gasteiger partial charge in [-0.15, -0.1) is 0 Å². The van der Waals surface area contributed by atoms with Crippen LogP contribution in [-0.2, 0) is 4.74 Å². The molecule has 0 aromatic rings. The average Bonchev–Trinajstić information content (AvgIpc) is 2.17. The normalized spacial score (nSPS) is 40.6. The molecule has 0 aromatic carbocycles. The summed E-state index contributed by atoms with van der Waals surface area (Å²) >= 11 is 0. The molecule has 0 aliphatic carbocycles. The Bertz CT molecular complexity index is 151. The molecule has 0 aromatic heterocycles. The van der Waals surface area contributed by atoms with Gasteiger partial charge in [0.1, 0.15) is 6.10 Å². The molecule has 2 unspecified atom stereocenters. The lowest BCUT2D eigenvalue weighted by Crippen LogP contribution is -2.47. The first kappa shape index (κ1) is 10.9. The van der Waals surface area contributed by atoms with Gasteiger partial charge in [-0.3, -0.25) is 0 Å². The van der Waals surface area contributed by atoms with Crippen molar-refractivity contribution >= 4 is 0 Å². The van der Waals surface area contributed by atoms with Crippen LogP contribution in [0.4, 0.5) is 0 Å². The van der Waals surface area contributed by atoms with Gasteiger partial charge < -0.3 is 20.1 Å². The Morgan fingerprint density at radius 2 is 1.85 bits per heavy atom. The molecule has 1 heterocycles. The van der Waals surface area contributed by atoms with Gasteiger partial charge >= 0.3 is 0 Å². The molecule has 0 amide bonds. The first-order chi connectivity index (χ1) is 6.22. The number of ether oxygens (including phenoxy) is 1. The molecule has 1 aliphatic heterocycles. The lowest BCUT2D eigenvalue weighted by Gasteiger charge is -2.37. The topological polar surface area (TPSA) is 69.9 Å². The summed E-state index contributed by atoms with van der Waals surface area (Å²) in [5.41, 5.74) is 0. The van der Waals surface area contributed by atoms with E-state index < -0.39 is 12.2 Å². The Hall–Kier alpha value is -0.160. The zero-order valence-electron chi connectivity index (χ0n) is 7.89. The van der Waals surface area contributed by atoms with Gasteiger partial charge in [0, 0.05) is 0 Å². The summed E-state index contributed by atoms with van der Waals surface area (Å²) in [6, 6.07) is 0. The highest BCUT2D eigenvalue weighted by molar-refractivity contribution is 4.83. The maximum Gasteiger partial charge on any atom is 0.107 e. The molecule has 3 N–H and O–H groups in total. The van der Waals surface area contributed by atoms with Crippen molar-refractivity contribution in [3.63, 3.8) is 0 Å². The number of hydrogen-bond acceptors (Lipinski definition) is 4. The third-order valence-corrected chi connectivity index (χ3v) is 2.73. The first-order valence-corrected chi connectivity index (χ1v) is 4.78. The molecule has 1 aliphatic rings. The molecule has 1 fully saturated rings. The smallest absolute Gasteiger partial charge is 0.107 e. The fraction of sp³-hybridized carbons (Fsp3) is 1.00. The summed E-state index contributed by atoms with van der Waals surface area (Å²) < 4.78 is 5.35. The lowest BCUT2D eigenvalue weighted by molar-refractivity contribution is -0.169. The molecule has 4 heteroatoms. The van der Waals surface area contributed by atoms with Crippen LogP contribution in [0, 0.1) is 5.92 Å². The van der Waals surface area contributed by atoms with Crippen LogP contribution in [0.15, 0.2) is 0 Å². The van der Waals surface area contributed by atoms with E-state index in [1.807, 2.05) is 6.92 Å². The third-order valence-electron chi connectivity index (χ3n) is 2.73. The molecule has 0 radical (unpaired) electrons. The largest absolute Gasteiger partial charge is 0.394 e. The Labute approximate surface area is 78.1 Å². The van der Waals surface area contributed by atoms with Gasteiger partial charge in [-0.1, -0.05) is 13.3 Å². The summed E-state index contributed by atoms with van der Waals surface area (Å²) in [6.07, 6.45) is 0.121. The van der Waals surface area contributed by atoms with Crippen LogP contribution in [0.25, 0.3) is 0 Å². The van der Waals surface area contributed by atoms with Gasteiger partial charge in [0.15, 0.2) is 0 Å². The van der Waals surface area contributed by atoms with E-state index in [0.29, 0.717) is 6.42 Å². The summed E-state index contributed by atoms with van der Waals surface area (Å²) in [7, 11) is 0. The number of aliphatic hydroxyl groups excluding tert-OH is 3. The summed E-state index contributed by atoms with van der Waals surface area (Å²) in [5, 5.41) is 27.4. The highest BCUT2D eigenvalue weighted by Crippen LogP contribution is 2.27. The average molecular weight is 190 g/mol. The molecule has 0 bridgehead atoms. The van der Waals surface area contributed by atoms with E-state index >= 15 is 0 Å². The molecule has 1 rings (SSSR count). The Morgan fingerprint density at radius 1 is 1.23 bits per heavy atom. The van der Waals surface area contributed by atoms with E-state index in [1.165, 1.54) is 0 Å². The molecule has 4 atom stereocenters. The number of aliphatic hydroxyl groups is 3. The van der Waals surface area contributed by atoms with Crippen molar-refractivity contribution in [2.45, 2.75) is 38.1 Å². The Balaban J connectivity index is 2.54. The van der Waals surface area contributed by atoms with Crippen molar-refractivity contribution in [1.29, 1.82) is 0 Å². The zero-order valence-corrected chi connectivity index (χ0v) is 7.89. The molecular weight excluding hydrogens is 172 g/mol. The van der Waals surface area contributed by atoms with E-state index in [1.54, 1.807) is 0 Å². The number of rotatable bonds is 3. The molecule has 4 nitrogen and oxygen atoms in total. The summed E-state index contributed by atoms with van der Waals surface area (Å²) in [5.74, 6) is 0.197. The highest BCUT2D eigenvalue weighted by Gasteiger charge is 2.35. The third kappa shape index (κ3) is 2.40. The lowest BCUT2D eigenvalue weighted by atomic mass is 9.88. The van der Waals surface area contributed by atoms with Crippen molar-refractivity contribution < 1.29 is 20.1 Å². The van der Waals surface area contributed by atoms with Crippen molar-refractivity contribution in [3.8, 4) is 0 Å². The molecule has 1 saturated heterocycles. The van der Waals surface area contributed by atoms with Crippen molar-refractivity contribution in [1.82, 2.24) is 0 Å². The van der Waals surface area contributed by atoms with E-state index in [9.17, 15) is 5.11 Å². The van der Waals surface area contributed by atoms with Gasteiger partial charge in [0.2, 0.25) is 0 Å². The molecule has 13 heavy (non-hydrogen) atoms. The van der Waals surface area contributed by atoms with Gasteiger partial charge in [-0.25, -0.2) is 0 Å². The van der Waals surface area contributed by atoms with Gasteiger partial charge in [-0.05, 0) is 12.3 Å². The second-order valence-corrected chi connectivity index (χ2v) is 3.55. The summed E-state index contributed by atoms with van der Waals surface area (Å²) in [4.78, 5) is 0. The quantitative estimate of drug-likeness (QED) is 0.562. The first-order valence-electron chi connectivity index (χ1n) is 4.78. The van der Waals surface area contributed by atoms with Crippen LogP contribution in [0.2, 0.25) is 0 Å². The summed E-state index contributed by atoms with van der Waals surface area (Å²) in [6.45, 7) is 1.78. The van der Waals surface area contributed by atoms with Crippen LogP contribution in [0.3, 0.4) is 0 Å². The second-order valence-electron chi connectivity index (χ2n) is 3.55. The zero-order chi connectivity index (χ0) is 9.84. The van der Waals surface area contributed by atoms with Crippen molar-refractivity contribution in [2.75, 3.05) is 13.2 Å². The van der Waals surface area contributed by atoms with Crippen LogP contribution >= 0.6 is 0 Å². The van der Waals surface area contributed by atoms with Crippen LogP contribution in [0.1, 0.15) is 19.8 Å². The van der Waals surface area contributed by atoms with E-state index in [2.05, 4.69) is 0 Å². The van der Waals surface area contributed by atoms with E-state index in [4.69, 9.17) is 14.9 Å². The Kier molecular flexibility index (Phi) is 4.12. The fourth-order valence-electron chi connectivity index (χ4n) is 1.83. The SMILES string of the molecule is CC[C@H]1CC(O)[C@H](CO)OC1CO. The predicted octanol–water partition coefficient (Wildman–Crippen LogP) is -0.484. The predicted molar refractivity (Wildman–Crippen MR) is 47.2 cm³/mol. The number of hydrogen-bond donors (Lipinski definition) is 3. The Morgan fingerprint density at radius 3 is 2.31 bits per heavy atom. The van der Waals surface area contributed by atoms with E-state index in [-0.39, 0.29) is 25.2 Å². The van der Waals surface area contributed by atoms with Gasteiger partial charge in [-0.2, -0.15) is 0 Å². The maximum absolute atomic E-state index is 9.52. The van der Waals surface area contributed by atoms with E-state index in [0.717, 1.165) is 6.42 Å². The maximum atomic E-state index is 9.52. The fourth-order valence-corrected chi connectivity index (χ4v) is 1.83. The standard InChI is InChI=1S/C9H18O4/c1-2-6-3-7(12)9(5-11)13-8(6)4-10/h6-12H,2-5H2,1H3/t6-,7?,8?,9-/m0/s1.